The maximum absolute atomic E-state index is 5.87. The summed E-state index contributed by atoms with van der Waals surface area (Å²) >= 11 is 0. The van der Waals surface area contributed by atoms with Gasteiger partial charge in [0.05, 0.1) is 18.6 Å². The van der Waals surface area contributed by atoms with Crippen LogP contribution >= 0.6 is 0 Å². The second-order valence-electron chi connectivity index (χ2n) is 5.86. The molecule has 0 saturated heterocycles. The number of hydrogen-bond acceptors (Lipinski definition) is 3. The van der Waals surface area contributed by atoms with Crippen LogP contribution in [0.25, 0.3) is 0 Å². The molecule has 0 bridgehead atoms. The molecule has 0 spiro atoms. The molecule has 3 nitrogen and oxygen atoms in total. The van der Waals surface area contributed by atoms with Crippen molar-refractivity contribution in [3.8, 4) is 5.75 Å². The van der Waals surface area contributed by atoms with Crippen molar-refractivity contribution in [3.63, 3.8) is 0 Å². The Labute approximate surface area is 127 Å². The van der Waals surface area contributed by atoms with Crippen LogP contribution < -0.4 is 10.1 Å². The summed E-state index contributed by atoms with van der Waals surface area (Å²) in [6, 6.07) is 12.4. The lowest BCUT2D eigenvalue weighted by atomic mass is 10.1. The van der Waals surface area contributed by atoms with Gasteiger partial charge in [-0.2, -0.15) is 0 Å². The predicted octanol–water partition coefficient (Wildman–Crippen LogP) is 4.75. The molecule has 1 aromatic carbocycles. The van der Waals surface area contributed by atoms with Gasteiger partial charge < -0.3 is 14.5 Å². The fourth-order valence-electron chi connectivity index (χ4n) is 2.12. The normalized spacial score (nSPS) is 12.4. The summed E-state index contributed by atoms with van der Waals surface area (Å²) in [6.45, 7) is 7.23. The summed E-state index contributed by atoms with van der Waals surface area (Å²) in [6.07, 6.45) is 3.69. The summed E-state index contributed by atoms with van der Waals surface area (Å²) in [5.41, 5.74) is 1.06. The molecule has 0 saturated carbocycles. The van der Waals surface area contributed by atoms with Crippen molar-refractivity contribution in [2.75, 3.05) is 11.9 Å². The Morgan fingerprint density at radius 3 is 2.62 bits per heavy atom. The number of rotatable bonds is 8. The van der Waals surface area contributed by atoms with Gasteiger partial charge in [-0.3, -0.25) is 0 Å². The minimum atomic E-state index is 0.360. The quantitative estimate of drug-likeness (QED) is 0.761. The molecule has 0 aliphatic carbocycles. The Balaban J connectivity index is 1.88. The van der Waals surface area contributed by atoms with Crippen molar-refractivity contribution in [3.05, 3.63) is 48.4 Å². The molecule has 0 amide bonds. The lowest BCUT2D eigenvalue weighted by molar-refractivity contribution is 0.272. The maximum atomic E-state index is 5.87. The van der Waals surface area contributed by atoms with Gasteiger partial charge in [-0.1, -0.05) is 26.0 Å². The number of ether oxygens (including phenoxy) is 1. The van der Waals surface area contributed by atoms with E-state index in [1.807, 2.05) is 30.3 Å². The molecule has 1 aromatic heterocycles. The van der Waals surface area contributed by atoms with Crippen LogP contribution in [0.15, 0.2) is 47.1 Å². The number of hydrogen-bond donors (Lipinski definition) is 1. The molecule has 1 atom stereocenters. The zero-order valence-corrected chi connectivity index (χ0v) is 13.1. The van der Waals surface area contributed by atoms with Gasteiger partial charge in [0.1, 0.15) is 11.5 Å². The third-order valence-corrected chi connectivity index (χ3v) is 3.26. The Morgan fingerprint density at radius 1 is 1.10 bits per heavy atom. The monoisotopic (exact) mass is 287 g/mol. The van der Waals surface area contributed by atoms with Crippen molar-refractivity contribution in [1.82, 2.24) is 0 Å². The second-order valence-corrected chi connectivity index (χ2v) is 5.86. The molecular formula is C18H25NO2. The van der Waals surface area contributed by atoms with E-state index in [4.69, 9.17) is 9.15 Å². The third-order valence-electron chi connectivity index (χ3n) is 3.26. The zero-order chi connectivity index (χ0) is 15.1. The Hall–Kier alpha value is -1.90. The van der Waals surface area contributed by atoms with Crippen molar-refractivity contribution in [2.45, 2.75) is 39.7 Å². The molecule has 3 heteroatoms. The van der Waals surface area contributed by atoms with Crippen LogP contribution in [-0.4, -0.2) is 12.6 Å². The van der Waals surface area contributed by atoms with E-state index in [-0.39, 0.29) is 0 Å². The molecule has 1 unspecified atom stereocenters. The average Bonchev–Trinajstić information content (AvgIpc) is 2.97. The average molecular weight is 287 g/mol. The van der Waals surface area contributed by atoms with Crippen LogP contribution in [0.4, 0.5) is 5.69 Å². The van der Waals surface area contributed by atoms with Crippen molar-refractivity contribution in [1.29, 1.82) is 0 Å². The summed E-state index contributed by atoms with van der Waals surface area (Å²) < 4.78 is 11.2. The minimum Gasteiger partial charge on any atom is -0.491 e. The van der Waals surface area contributed by atoms with E-state index in [1.54, 1.807) is 6.26 Å². The SMILES string of the molecule is CC(C)COc1ccccc1NC(C)CCc1ccco1. The Bertz CT molecular complexity index is 520. The highest BCUT2D eigenvalue weighted by molar-refractivity contribution is 5.56. The molecule has 1 heterocycles. The van der Waals surface area contributed by atoms with Crippen LogP contribution in [0.1, 0.15) is 33.0 Å². The van der Waals surface area contributed by atoms with E-state index >= 15 is 0 Å². The van der Waals surface area contributed by atoms with E-state index in [2.05, 4.69) is 32.2 Å². The number of nitrogens with one attached hydrogen (secondary N) is 1. The zero-order valence-electron chi connectivity index (χ0n) is 13.1. The molecule has 0 radical (unpaired) electrons. The van der Waals surface area contributed by atoms with Gasteiger partial charge in [-0.25, -0.2) is 0 Å². The summed E-state index contributed by atoms with van der Waals surface area (Å²) in [5.74, 6) is 2.48. The predicted molar refractivity (Wildman–Crippen MR) is 86.9 cm³/mol. The van der Waals surface area contributed by atoms with E-state index in [1.165, 1.54) is 0 Å². The highest BCUT2D eigenvalue weighted by atomic mass is 16.5. The first kappa shape index (κ1) is 15.5. The van der Waals surface area contributed by atoms with Gasteiger partial charge >= 0.3 is 0 Å². The third kappa shape index (κ3) is 5.18. The summed E-state index contributed by atoms with van der Waals surface area (Å²) in [5, 5.41) is 3.53. The molecule has 2 rings (SSSR count). The lowest BCUT2D eigenvalue weighted by Crippen LogP contribution is -2.17. The van der Waals surface area contributed by atoms with Crippen molar-refractivity contribution in [2.24, 2.45) is 5.92 Å². The fourth-order valence-corrected chi connectivity index (χ4v) is 2.12. The number of anilines is 1. The van der Waals surface area contributed by atoms with Gasteiger partial charge in [0.2, 0.25) is 0 Å². The number of para-hydroxylation sites is 2. The summed E-state index contributed by atoms with van der Waals surface area (Å²) in [7, 11) is 0. The topological polar surface area (TPSA) is 34.4 Å². The van der Waals surface area contributed by atoms with Crippen LogP contribution in [0.5, 0.6) is 5.75 Å². The number of benzene rings is 1. The van der Waals surface area contributed by atoms with Crippen molar-refractivity contribution >= 4 is 5.69 Å². The summed E-state index contributed by atoms with van der Waals surface area (Å²) in [4.78, 5) is 0. The molecule has 2 aromatic rings. The molecule has 0 fully saturated rings. The van der Waals surface area contributed by atoms with Gasteiger partial charge in [0, 0.05) is 12.5 Å². The number of aryl methyl sites for hydroxylation is 1. The minimum absolute atomic E-state index is 0.360. The standard InChI is InChI=1S/C18H25NO2/c1-14(2)13-21-18-9-5-4-8-17(18)19-15(3)10-11-16-7-6-12-20-16/h4-9,12,14-15,19H,10-11,13H2,1-3H3. The van der Waals surface area contributed by atoms with E-state index in [0.717, 1.165) is 36.6 Å². The molecule has 21 heavy (non-hydrogen) atoms. The molecule has 0 aliphatic rings. The van der Waals surface area contributed by atoms with Crippen LogP contribution in [0, 0.1) is 5.92 Å². The van der Waals surface area contributed by atoms with Gasteiger partial charge in [-0.05, 0) is 43.5 Å². The smallest absolute Gasteiger partial charge is 0.142 e. The molecular weight excluding hydrogens is 262 g/mol. The van der Waals surface area contributed by atoms with Gasteiger partial charge in [0.25, 0.3) is 0 Å². The first-order chi connectivity index (χ1) is 10.1. The first-order valence-corrected chi connectivity index (χ1v) is 7.66. The Morgan fingerprint density at radius 2 is 1.90 bits per heavy atom. The maximum Gasteiger partial charge on any atom is 0.142 e. The van der Waals surface area contributed by atoms with Crippen molar-refractivity contribution < 1.29 is 9.15 Å². The highest BCUT2D eigenvalue weighted by Crippen LogP contribution is 2.25. The van der Waals surface area contributed by atoms with Crippen LogP contribution in [0.3, 0.4) is 0 Å². The van der Waals surface area contributed by atoms with E-state index in [0.29, 0.717) is 12.0 Å². The highest BCUT2D eigenvalue weighted by Gasteiger charge is 2.08. The van der Waals surface area contributed by atoms with Gasteiger partial charge in [-0.15, -0.1) is 0 Å². The Kier molecular flexibility index (Phi) is 5.73. The van der Waals surface area contributed by atoms with E-state index in [9.17, 15) is 0 Å². The van der Waals surface area contributed by atoms with E-state index < -0.39 is 0 Å². The first-order valence-electron chi connectivity index (χ1n) is 7.66. The number of furan rings is 1. The molecule has 1 N–H and O–H groups in total. The second kappa shape index (κ2) is 7.77. The fraction of sp³-hybridized carbons (Fsp3) is 0.444. The molecule has 114 valence electrons. The largest absolute Gasteiger partial charge is 0.491 e. The molecule has 0 aliphatic heterocycles. The van der Waals surface area contributed by atoms with Crippen LogP contribution in [-0.2, 0) is 6.42 Å². The van der Waals surface area contributed by atoms with Crippen LogP contribution in [0.2, 0.25) is 0 Å². The lowest BCUT2D eigenvalue weighted by Gasteiger charge is -2.18. The van der Waals surface area contributed by atoms with Gasteiger partial charge in [0.15, 0.2) is 0 Å².